The lowest BCUT2D eigenvalue weighted by atomic mass is 10.1. The number of methoxy groups -OCH3 is 2. The number of benzene rings is 1. The van der Waals surface area contributed by atoms with E-state index in [1.165, 1.54) is 26.4 Å². The monoisotopic (exact) mass is 196 g/mol. The Hall–Kier alpha value is -1.39. The molecule has 0 aliphatic heterocycles. The topological polar surface area (TPSA) is 55.8 Å². The van der Waals surface area contributed by atoms with E-state index in [-0.39, 0.29) is 5.56 Å². The maximum absolute atomic E-state index is 10.7. The molecular weight excluding hydrogens is 184 g/mol. The van der Waals surface area contributed by atoms with Crippen molar-refractivity contribution in [3.05, 3.63) is 35.4 Å². The van der Waals surface area contributed by atoms with E-state index in [1.54, 1.807) is 12.1 Å². The molecule has 1 aromatic carbocycles. The zero-order chi connectivity index (χ0) is 10.6. The van der Waals surface area contributed by atoms with Gasteiger partial charge in [-0.05, 0) is 12.1 Å². The lowest BCUT2D eigenvalue weighted by Gasteiger charge is -2.13. The molecule has 0 aromatic heterocycles. The standard InChI is InChI=1S/C10H12O4/c1-13-10(14-2)8-5-3-4-7(6-8)9(11)12/h3-6,10H,1-2H3,(H,11,12). The molecule has 0 heterocycles. The lowest BCUT2D eigenvalue weighted by molar-refractivity contribution is -0.106. The molecule has 0 atom stereocenters. The van der Waals surface area contributed by atoms with Crippen molar-refractivity contribution < 1.29 is 19.4 Å². The molecule has 1 aromatic rings. The van der Waals surface area contributed by atoms with E-state index in [4.69, 9.17) is 14.6 Å². The predicted molar refractivity (Wildman–Crippen MR) is 50.2 cm³/mol. The minimum absolute atomic E-state index is 0.224. The van der Waals surface area contributed by atoms with Crippen molar-refractivity contribution >= 4 is 5.97 Å². The molecule has 0 saturated carbocycles. The molecular formula is C10H12O4. The Kier molecular flexibility index (Phi) is 3.62. The van der Waals surface area contributed by atoms with E-state index >= 15 is 0 Å². The second kappa shape index (κ2) is 4.74. The van der Waals surface area contributed by atoms with Gasteiger partial charge in [0.1, 0.15) is 0 Å². The first-order chi connectivity index (χ1) is 6.69. The maximum Gasteiger partial charge on any atom is 0.335 e. The van der Waals surface area contributed by atoms with Gasteiger partial charge in [0.05, 0.1) is 5.56 Å². The van der Waals surface area contributed by atoms with Crippen LogP contribution in [0.2, 0.25) is 0 Å². The van der Waals surface area contributed by atoms with E-state index in [0.29, 0.717) is 5.56 Å². The molecule has 0 saturated heterocycles. The van der Waals surface area contributed by atoms with E-state index in [9.17, 15) is 4.79 Å². The highest BCUT2D eigenvalue weighted by Gasteiger charge is 2.11. The van der Waals surface area contributed by atoms with E-state index < -0.39 is 12.3 Å². The molecule has 1 rings (SSSR count). The first kappa shape index (κ1) is 10.7. The quantitative estimate of drug-likeness (QED) is 0.744. The van der Waals surface area contributed by atoms with Crippen LogP contribution in [0.25, 0.3) is 0 Å². The van der Waals surface area contributed by atoms with E-state index in [1.807, 2.05) is 0 Å². The van der Waals surface area contributed by atoms with Crippen molar-refractivity contribution in [2.45, 2.75) is 6.29 Å². The summed E-state index contributed by atoms with van der Waals surface area (Å²) in [6.07, 6.45) is -0.519. The number of hydrogen-bond donors (Lipinski definition) is 1. The van der Waals surface area contributed by atoms with Crippen molar-refractivity contribution in [1.82, 2.24) is 0 Å². The van der Waals surface area contributed by atoms with Gasteiger partial charge in [0.2, 0.25) is 0 Å². The highest BCUT2D eigenvalue weighted by Crippen LogP contribution is 2.18. The van der Waals surface area contributed by atoms with Crippen LogP contribution >= 0.6 is 0 Å². The SMILES string of the molecule is COC(OC)c1cccc(C(=O)O)c1. The fourth-order valence-electron chi connectivity index (χ4n) is 1.19. The predicted octanol–water partition coefficient (Wildman–Crippen LogP) is 1.68. The first-order valence-electron chi connectivity index (χ1n) is 4.08. The molecule has 0 unspecified atom stereocenters. The van der Waals surface area contributed by atoms with Crippen LogP contribution in [0.1, 0.15) is 22.2 Å². The van der Waals surface area contributed by atoms with Crippen molar-refractivity contribution in [2.24, 2.45) is 0 Å². The van der Waals surface area contributed by atoms with Crippen LogP contribution in [0.5, 0.6) is 0 Å². The van der Waals surface area contributed by atoms with Gasteiger partial charge in [-0.1, -0.05) is 12.1 Å². The van der Waals surface area contributed by atoms with Gasteiger partial charge in [-0.2, -0.15) is 0 Å². The molecule has 0 aliphatic rings. The van der Waals surface area contributed by atoms with Crippen molar-refractivity contribution in [3.63, 3.8) is 0 Å². The Balaban J connectivity index is 2.98. The van der Waals surface area contributed by atoms with Gasteiger partial charge in [0.25, 0.3) is 0 Å². The summed E-state index contributed by atoms with van der Waals surface area (Å²) in [5.41, 5.74) is 0.913. The number of carboxylic acids is 1. The van der Waals surface area contributed by atoms with Gasteiger partial charge >= 0.3 is 5.97 Å². The Morgan fingerprint density at radius 2 is 2.00 bits per heavy atom. The van der Waals surface area contributed by atoms with Gasteiger partial charge in [-0.25, -0.2) is 4.79 Å². The van der Waals surface area contributed by atoms with Crippen LogP contribution in [0, 0.1) is 0 Å². The molecule has 0 amide bonds. The molecule has 14 heavy (non-hydrogen) atoms. The van der Waals surface area contributed by atoms with Crippen LogP contribution in [0.3, 0.4) is 0 Å². The summed E-state index contributed by atoms with van der Waals surface area (Å²) in [4.78, 5) is 10.7. The van der Waals surface area contributed by atoms with Crippen LogP contribution in [0.4, 0.5) is 0 Å². The third-order valence-electron chi connectivity index (χ3n) is 1.83. The molecule has 0 spiro atoms. The Labute approximate surface area is 82.1 Å². The molecule has 1 N–H and O–H groups in total. The second-order valence-electron chi connectivity index (χ2n) is 2.73. The van der Waals surface area contributed by atoms with Crippen LogP contribution in [-0.4, -0.2) is 25.3 Å². The highest BCUT2D eigenvalue weighted by atomic mass is 16.7. The average Bonchev–Trinajstić information content (AvgIpc) is 2.20. The Bertz CT molecular complexity index is 318. The molecule has 0 radical (unpaired) electrons. The number of carboxylic acid groups (broad SMARTS) is 1. The van der Waals surface area contributed by atoms with Gasteiger partial charge in [0, 0.05) is 19.8 Å². The zero-order valence-corrected chi connectivity index (χ0v) is 8.06. The van der Waals surface area contributed by atoms with Crippen molar-refractivity contribution in [2.75, 3.05) is 14.2 Å². The number of aromatic carboxylic acids is 1. The van der Waals surface area contributed by atoms with E-state index in [2.05, 4.69) is 0 Å². The fraction of sp³-hybridized carbons (Fsp3) is 0.300. The Morgan fingerprint density at radius 1 is 1.36 bits per heavy atom. The summed E-state index contributed by atoms with van der Waals surface area (Å²) in [7, 11) is 3.00. The lowest BCUT2D eigenvalue weighted by Crippen LogP contribution is -2.05. The summed E-state index contributed by atoms with van der Waals surface area (Å²) in [6.45, 7) is 0. The second-order valence-corrected chi connectivity index (χ2v) is 2.73. The maximum atomic E-state index is 10.7. The largest absolute Gasteiger partial charge is 0.478 e. The Morgan fingerprint density at radius 3 is 2.50 bits per heavy atom. The number of rotatable bonds is 4. The minimum atomic E-state index is -0.960. The van der Waals surface area contributed by atoms with Gasteiger partial charge in [-0.15, -0.1) is 0 Å². The third-order valence-corrected chi connectivity index (χ3v) is 1.83. The molecule has 4 nitrogen and oxygen atoms in total. The first-order valence-corrected chi connectivity index (χ1v) is 4.08. The molecule has 76 valence electrons. The summed E-state index contributed by atoms with van der Waals surface area (Å²) >= 11 is 0. The summed E-state index contributed by atoms with van der Waals surface area (Å²) < 4.78 is 10.0. The van der Waals surface area contributed by atoms with Gasteiger partial charge in [-0.3, -0.25) is 0 Å². The van der Waals surface area contributed by atoms with Crippen LogP contribution < -0.4 is 0 Å². The van der Waals surface area contributed by atoms with Crippen molar-refractivity contribution in [1.29, 1.82) is 0 Å². The van der Waals surface area contributed by atoms with E-state index in [0.717, 1.165) is 0 Å². The van der Waals surface area contributed by atoms with Crippen LogP contribution in [-0.2, 0) is 9.47 Å². The van der Waals surface area contributed by atoms with Crippen LogP contribution in [0.15, 0.2) is 24.3 Å². The number of carbonyl (C=O) groups is 1. The average molecular weight is 196 g/mol. The van der Waals surface area contributed by atoms with Gasteiger partial charge < -0.3 is 14.6 Å². The molecule has 0 bridgehead atoms. The fourth-order valence-corrected chi connectivity index (χ4v) is 1.19. The number of ether oxygens (including phenoxy) is 2. The third kappa shape index (κ3) is 2.31. The van der Waals surface area contributed by atoms with Crippen molar-refractivity contribution in [3.8, 4) is 0 Å². The summed E-state index contributed by atoms with van der Waals surface area (Å²) in [6, 6.07) is 6.46. The minimum Gasteiger partial charge on any atom is -0.478 e. The summed E-state index contributed by atoms with van der Waals surface area (Å²) in [5.74, 6) is -0.960. The molecule has 0 fully saturated rings. The molecule has 4 heteroatoms. The highest BCUT2D eigenvalue weighted by molar-refractivity contribution is 5.87. The normalized spacial score (nSPS) is 10.5. The smallest absolute Gasteiger partial charge is 0.335 e. The number of hydrogen-bond acceptors (Lipinski definition) is 3. The summed E-state index contributed by atoms with van der Waals surface area (Å²) in [5, 5.41) is 8.75. The van der Waals surface area contributed by atoms with Gasteiger partial charge in [0.15, 0.2) is 6.29 Å². The zero-order valence-electron chi connectivity index (χ0n) is 8.06. The molecule has 0 aliphatic carbocycles.